The lowest BCUT2D eigenvalue weighted by atomic mass is 10.1. The molecule has 1 aromatic rings. The third-order valence-electron chi connectivity index (χ3n) is 1.41. The second kappa shape index (κ2) is 4.53. The van der Waals surface area contributed by atoms with Crippen LogP contribution in [0.3, 0.4) is 0 Å². The molecule has 0 N–H and O–H groups in total. The number of alkyl halides is 1. The molecule has 13 heavy (non-hydrogen) atoms. The first-order valence-corrected chi connectivity index (χ1v) is 5.59. The lowest BCUT2D eigenvalue weighted by Gasteiger charge is -2.03. The van der Waals surface area contributed by atoms with Crippen LogP contribution in [0, 0.1) is 5.82 Å². The van der Waals surface area contributed by atoms with Gasteiger partial charge in [0.2, 0.25) is 0 Å². The minimum atomic E-state index is -0.516. The molecule has 70 valence electrons. The maximum atomic E-state index is 12.8. The summed E-state index contributed by atoms with van der Waals surface area (Å²) in [5.74, 6) is -0.731. The Morgan fingerprint density at radius 1 is 1.54 bits per heavy atom. The highest BCUT2D eigenvalue weighted by Crippen LogP contribution is 2.28. The van der Waals surface area contributed by atoms with Gasteiger partial charge in [-0.25, -0.2) is 4.39 Å². The fourth-order valence-electron chi connectivity index (χ4n) is 0.831. The van der Waals surface area contributed by atoms with Crippen LogP contribution in [0.1, 0.15) is 10.4 Å². The number of ketones is 1. The predicted octanol–water partition coefficient (Wildman–Crippen LogP) is 3.82. The quantitative estimate of drug-likeness (QED) is 0.458. The van der Waals surface area contributed by atoms with E-state index in [1.165, 1.54) is 0 Å². The number of hydrogen-bond donors (Lipinski definition) is 0. The van der Waals surface area contributed by atoms with E-state index in [9.17, 15) is 9.18 Å². The zero-order chi connectivity index (χ0) is 10.0. The van der Waals surface area contributed by atoms with Crippen molar-refractivity contribution in [2.45, 2.75) is 0 Å². The van der Waals surface area contributed by atoms with Crippen LogP contribution in [0.15, 0.2) is 16.6 Å². The predicted molar refractivity (Wildman–Crippen MR) is 57.2 cm³/mol. The van der Waals surface area contributed by atoms with Crippen molar-refractivity contribution in [3.05, 3.63) is 33.0 Å². The summed E-state index contributed by atoms with van der Waals surface area (Å²) in [5, 5.41) is 0.343. The lowest BCUT2D eigenvalue weighted by Crippen LogP contribution is -2.02. The normalized spacial score (nSPS) is 10.2. The largest absolute Gasteiger partial charge is 0.293 e. The van der Waals surface area contributed by atoms with E-state index >= 15 is 0 Å². The standard InChI is InChI=1S/C8H4Br2ClFO/c9-3-7(13)5-1-4(12)2-6(11)8(5)10/h1-2H,3H2. The van der Waals surface area contributed by atoms with Crippen molar-refractivity contribution in [1.82, 2.24) is 0 Å². The van der Waals surface area contributed by atoms with Crippen LogP contribution < -0.4 is 0 Å². The molecule has 0 saturated heterocycles. The number of Topliss-reactive ketones (excluding diaryl/α,β-unsaturated/α-hetero) is 1. The molecule has 0 aliphatic carbocycles. The van der Waals surface area contributed by atoms with Crippen LogP contribution in [0.2, 0.25) is 5.02 Å². The van der Waals surface area contributed by atoms with Gasteiger partial charge in [0.15, 0.2) is 5.78 Å². The number of carbonyl (C=O) groups excluding carboxylic acids is 1. The van der Waals surface area contributed by atoms with Crippen LogP contribution in [0.25, 0.3) is 0 Å². The molecule has 5 heteroatoms. The Kier molecular flexibility index (Phi) is 3.88. The van der Waals surface area contributed by atoms with Crippen LogP contribution in [0.4, 0.5) is 4.39 Å². The first-order valence-electron chi connectivity index (χ1n) is 3.30. The Morgan fingerprint density at radius 3 is 2.69 bits per heavy atom. The van der Waals surface area contributed by atoms with Gasteiger partial charge >= 0.3 is 0 Å². The Hall–Kier alpha value is 0.0700. The fraction of sp³-hybridized carbons (Fsp3) is 0.125. The second-order valence-electron chi connectivity index (χ2n) is 2.31. The molecule has 0 aromatic heterocycles. The maximum absolute atomic E-state index is 12.8. The molecule has 0 amide bonds. The Bertz CT molecular complexity index is 354. The topological polar surface area (TPSA) is 17.1 Å². The molecule has 1 nitrogen and oxygen atoms in total. The summed E-state index contributed by atoms with van der Waals surface area (Å²) < 4.78 is 13.3. The van der Waals surface area contributed by atoms with E-state index in [1.54, 1.807) is 0 Å². The molecule has 0 spiro atoms. The second-order valence-corrected chi connectivity index (χ2v) is 4.07. The van der Waals surface area contributed by atoms with E-state index < -0.39 is 5.82 Å². The van der Waals surface area contributed by atoms with Gasteiger partial charge in [0.25, 0.3) is 0 Å². The van der Waals surface area contributed by atoms with Gasteiger partial charge in [-0.1, -0.05) is 27.5 Å². The molecular weight excluding hydrogens is 326 g/mol. The minimum absolute atomic E-state index is 0.144. The summed E-state index contributed by atoms with van der Waals surface area (Å²) in [6, 6.07) is 2.30. The van der Waals surface area contributed by atoms with Crippen LogP contribution in [-0.4, -0.2) is 11.1 Å². The summed E-state index contributed by atoms with van der Waals surface area (Å²) in [6.07, 6.45) is 0. The number of carbonyl (C=O) groups is 1. The smallest absolute Gasteiger partial charge is 0.174 e. The Labute approximate surface area is 96.5 Å². The average molecular weight is 330 g/mol. The molecule has 1 aromatic carbocycles. The highest BCUT2D eigenvalue weighted by atomic mass is 79.9. The first kappa shape index (κ1) is 11.1. The van der Waals surface area contributed by atoms with E-state index in [-0.39, 0.29) is 21.7 Å². The van der Waals surface area contributed by atoms with E-state index in [0.717, 1.165) is 12.1 Å². The first-order chi connectivity index (χ1) is 6.06. The Morgan fingerprint density at radius 2 is 2.15 bits per heavy atom. The van der Waals surface area contributed by atoms with Gasteiger partial charge in [-0.05, 0) is 28.1 Å². The summed E-state index contributed by atoms with van der Waals surface area (Å²) in [6.45, 7) is 0. The summed E-state index contributed by atoms with van der Waals surface area (Å²) >= 11 is 11.8. The Balaban J connectivity index is 3.28. The molecule has 0 bridgehead atoms. The maximum Gasteiger partial charge on any atom is 0.174 e. The number of rotatable bonds is 2. The zero-order valence-corrected chi connectivity index (χ0v) is 10.2. The van der Waals surface area contributed by atoms with Crippen LogP contribution in [-0.2, 0) is 0 Å². The van der Waals surface area contributed by atoms with Gasteiger partial charge in [-0.3, -0.25) is 4.79 Å². The molecule has 0 heterocycles. The van der Waals surface area contributed by atoms with Crippen molar-refractivity contribution in [2.75, 3.05) is 5.33 Å². The molecule has 0 atom stereocenters. The third-order valence-corrected chi connectivity index (χ3v) is 3.30. The van der Waals surface area contributed by atoms with E-state index in [0.29, 0.717) is 4.47 Å². The molecule has 0 saturated carbocycles. The molecule has 0 fully saturated rings. The SMILES string of the molecule is O=C(CBr)c1cc(F)cc(Cl)c1Br. The number of halogens is 4. The van der Waals surface area contributed by atoms with Crippen molar-refractivity contribution < 1.29 is 9.18 Å². The van der Waals surface area contributed by atoms with Crippen molar-refractivity contribution >= 4 is 49.2 Å². The fourth-order valence-corrected chi connectivity index (χ4v) is 1.79. The minimum Gasteiger partial charge on any atom is -0.293 e. The van der Waals surface area contributed by atoms with Gasteiger partial charge in [-0.15, -0.1) is 0 Å². The van der Waals surface area contributed by atoms with Crippen molar-refractivity contribution in [1.29, 1.82) is 0 Å². The molecule has 1 rings (SSSR count). The van der Waals surface area contributed by atoms with E-state index in [2.05, 4.69) is 31.9 Å². The zero-order valence-electron chi connectivity index (χ0n) is 6.28. The van der Waals surface area contributed by atoms with Gasteiger partial charge in [0.05, 0.1) is 10.4 Å². The van der Waals surface area contributed by atoms with E-state index in [1.807, 2.05) is 0 Å². The summed E-state index contributed by atoms with van der Waals surface area (Å²) in [5.41, 5.74) is 0.252. The van der Waals surface area contributed by atoms with Crippen molar-refractivity contribution in [2.24, 2.45) is 0 Å². The van der Waals surface area contributed by atoms with Gasteiger partial charge in [0.1, 0.15) is 5.82 Å². The van der Waals surface area contributed by atoms with Gasteiger partial charge < -0.3 is 0 Å². The van der Waals surface area contributed by atoms with Gasteiger partial charge in [-0.2, -0.15) is 0 Å². The molecule has 0 aliphatic heterocycles. The van der Waals surface area contributed by atoms with E-state index in [4.69, 9.17) is 11.6 Å². The number of benzene rings is 1. The van der Waals surface area contributed by atoms with Gasteiger partial charge in [0, 0.05) is 10.0 Å². The summed E-state index contributed by atoms with van der Waals surface area (Å²) in [7, 11) is 0. The molecule has 0 radical (unpaired) electrons. The third kappa shape index (κ3) is 2.51. The monoisotopic (exact) mass is 328 g/mol. The molecule has 0 aliphatic rings. The summed E-state index contributed by atoms with van der Waals surface area (Å²) in [4.78, 5) is 11.2. The van der Waals surface area contributed by atoms with Crippen molar-refractivity contribution in [3.8, 4) is 0 Å². The molecular formula is C8H4Br2ClFO. The number of hydrogen-bond acceptors (Lipinski definition) is 1. The highest BCUT2D eigenvalue weighted by Gasteiger charge is 2.13. The van der Waals surface area contributed by atoms with Crippen LogP contribution >= 0.6 is 43.5 Å². The van der Waals surface area contributed by atoms with Crippen LogP contribution in [0.5, 0.6) is 0 Å². The average Bonchev–Trinajstić information content (AvgIpc) is 2.10. The van der Waals surface area contributed by atoms with Crippen molar-refractivity contribution in [3.63, 3.8) is 0 Å². The molecule has 0 unspecified atom stereocenters. The highest BCUT2D eigenvalue weighted by molar-refractivity contribution is 9.10. The lowest BCUT2D eigenvalue weighted by molar-refractivity contribution is 0.102.